The van der Waals surface area contributed by atoms with Crippen molar-refractivity contribution in [1.82, 2.24) is 10.6 Å². The summed E-state index contributed by atoms with van der Waals surface area (Å²) in [7, 11) is 0. The fourth-order valence-electron chi connectivity index (χ4n) is 0.840. The topological polar surface area (TPSA) is 41.1 Å². The van der Waals surface area contributed by atoms with Crippen LogP contribution in [0.2, 0.25) is 0 Å². The van der Waals surface area contributed by atoms with Crippen LogP contribution in [0, 0.1) is 12.3 Å². The van der Waals surface area contributed by atoms with Crippen LogP contribution >= 0.6 is 0 Å². The maximum Gasteiger partial charge on any atom is 0.235 e. The lowest BCUT2D eigenvalue weighted by Gasteiger charge is -2.20. The normalized spacial score (nSPS) is 13.1. The number of carbonyl (C=O) groups excluding carboxylic acids is 1. The summed E-state index contributed by atoms with van der Waals surface area (Å²) >= 11 is 0. The highest BCUT2D eigenvalue weighted by molar-refractivity contribution is 5.79. The Morgan fingerprint density at radius 2 is 2.14 bits per heavy atom. The van der Waals surface area contributed by atoms with E-state index < -0.39 is 5.54 Å². The summed E-state index contributed by atoms with van der Waals surface area (Å²) in [5, 5.41) is 5.85. The van der Waals surface area contributed by atoms with Crippen molar-refractivity contribution >= 4 is 5.91 Å². The van der Waals surface area contributed by atoms with Crippen LogP contribution < -0.4 is 10.6 Å². The molecular formula is C11H20N2O. The Balaban J connectivity index is 3.84. The third-order valence-electron chi connectivity index (χ3n) is 2.04. The van der Waals surface area contributed by atoms with Gasteiger partial charge in [0.1, 0.15) is 0 Å². The van der Waals surface area contributed by atoms with Gasteiger partial charge in [-0.25, -0.2) is 0 Å². The third kappa shape index (κ3) is 5.60. The van der Waals surface area contributed by atoms with Crippen LogP contribution in [0.5, 0.6) is 0 Å². The first kappa shape index (κ1) is 13.0. The molecule has 0 aliphatic rings. The van der Waals surface area contributed by atoms with Crippen molar-refractivity contribution in [2.24, 2.45) is 0 Å². The van der Waals surface area contributed by atoms with Gasteiger partial charge in [-0.3, -0.25) is 4.79 Å². The SMILES string of the molecule is C#CC(C)(C)NC(=O)CNC(C)CC. The van der Waals surface area contributed by atoms with E-state index in [9.17, 15) is 4.79 Å². The lowest BCUT2D eigenvalue weighted by Crippen LogP contribution is -2.47. The predicted molar refractivity (Wildman–Crippen MR) is 58.8 cm³/mol. The summed E-state index contributed by atoms with van der Waals surface area (Å²) in [6.45, 7) is 8.03. The van der Waals surface area contributed by atoms with Gasteiger partial charge in [0, 0.05) is 6.04 Å². The molecule has 0 fully saturated rings. The van der Waals surface area contributed by atoms with E-state index in [0.29, 0.717) is 12.6 Å². The van der Waals surface area contributed by atoms with Gasteiger partial charge in [-0.15, -0.1) is 6.42 Å². The van der Waals surface area contributed by atoms with Gasteiger partial charge in [0.15, 0.2) is 0 Å². The van der Waals surface area contributed by atoms with E-state index in [0.717, 1.165) is 6.42 Å². The maximum absolute atomic E-state index is 11.4. The van der Waals surface area contributed by atoms with Crippen molar-refractivity contribution in [3.05, 3.63) is 0 Å². The monoisotopic (exact) mass is 196 g/mol. The Morgan fingerprint density at radius 1 is 1.57 bits per heavy atom. The van der Waals surface area contributed by atoms with Gasteiger partial charge < -0.3 is 10.6 Å². The molecule has 1 unspecified atom stereocenters. The van der Waals surface area contributed by atoms with E-state index in [-0.39, 0.29) is 5.91 Å². The van der Waals surface area contributed by atoms with Gasteiger partial charge in [-0.2, -0.15) is 0 Å². The van der Waals surface area contributed by atoms with Gasteiger partial charge in [-0.1, -0.05) is 12.8 Å². The molecule has 2 N–H and O–H groups in total. The molecule has 0 aliphatic carbocycles. The number of amides is 1. The Labute approximate surface area is 86.6 Å². The number of rotatable bonds is 5. The third-order valence-corrected chi connectivity index (χ3v) is 2.04. The maximum atomic E-state index is 11.4. The van der Waals surface area contributed by atoms with Crippen LogP contribution in [0.1, 0.15) is 34.1 Å². The zero-order chi connectivity index (χ0) is 11.2. The van der Waals surface area contributed by atoms with Gasteiger partial charge in [0.2, 0.25) is 5.91 Å². The van der Waals surface area contributed by atoms with Crippen LogP contribution in [0.25, 0.3) is 0 Å². The predicted octanol–water partition coefficient (Wildman–Crippen LogP) is 0.902. The summed E-state index contributed by atoms with van der Waals surface area (Å²) in [6.07, 6.45) is 6.26. The molecule has 1 atom stereocenters. The van der Waals surface area contributed by atoms with E-state index in [2.05, 4.69) is 23.5 Å². The second kappa shape index (κ2) is 5.66. The van der Waals surface area contributed by atoms with Crippen molar-refractivity contribution in [1.29, 1.82) is 0 Å². The molecule has 3 heteroatoms. The summed E-state index contributed by atoms with van der Waals surface area (Å²) in [5.74, 6) is 2.45. The molecule has 0 aliphatic heterocycles. The van der Waals surface area contributed by atoms with Crippen molar-refractivity contribution in [3.8, 4) is 12.3 Å². The molecule has 0 saturated heterocycles. The Bertz CT molecular complexity index is 228. The molecular weight excluding hydrogens is 176 g/mol. The van der Waals surface area contributed by atoms with Crippen LogP contribution in [-0.4, -0.2) is 24.0 Å². The Morgan fingerprint density at radius 3 is 2.57 bits per heavy atom. The highest BCUT2D eigenvalue weighted by Crippen LogP contribution is 1.97. The summed E-state index contributed by atoms with van der Waals surface area (Å²) in [5.41, 5.74) is -0.561. The fraction of sp³-hybridized carbons (Fsp3) is 0.727. The number of hydrogen-bond donors (Lipinski definition) is 2. The number of terminal acetylenes is 1. The summed E-state index contributed by atoms with van der Waals surface area (Å²) in [4.78, 5) is 11.4. The van der Waals surface area contributed by atoms with Gasteiger partial charge in [0.05, 0.1) is 12.1 Å². The minimum Gasteiger partial charge on any atom is -0.339 e. The molecule has 0 bridgehead atoms. The summed E-state index contributed by atoms with van der Waals surface area (Å²) < 4.78 is 0. The molecule has 0 spiro atoms. The smallest absolute Gasteiger partial charge is 0.235 e. The number of nitrogens with one attached hydrogen (secondary N) is 2. The van der Waals surface area contributed by atoms with E-state index in [1.165, 1.54) is 0 Å². The van der Waals surface area contributed by atoms with Gasteiger partial charge in [0.25, 0.3) is 0 Å². The molecule has 0 aromatic rings. The Hall–Kier alpha value is -1.01. The molecule has 0 heterocycles. The minimum absolute atomic E-state index is 0.0618. The van der Waals surface area contributed by atoms with Crippen LogP contribution in [0.15, 0.2) is 0 Å². The van der Waals surface area contributed by atoms with Crippen molar-refractivity contribution in [2.75, 3.05) is 6.54 Å². The van der Waals surface area contributed by atoms with Crippen LogP contribution in [0.4, 0.5) is 0 Å². The molecule has 0 saturated carbocycles. The lowest BCUT2D eigenvalue weighted by atomic mass is 10.1. The van der Waals surface area contributed by atoms with Crippen molar-refractivity contribution in [2.45, 2.75) is 45.7 Å². The minimum atomic E-state index is -0.561. The number of carbonyl (C=O) groups is 1. The van der Waals surface area contributed by atoms with Crippen LogP contribution in [-0.2, 0) is 4.79 Å². The van der Waals surface area contributed by atoms with Gasteiger partial charge in [-0.05, 0) is 27.2 Å². The second-order valence-corrected chi connectivity index (χ2v) is 4.01. The second-order valence-electron chi connectivity index (χ2n) is 4.01. The van der Waals surface area contributed by atoms with Crippen molar-refractivity contribution < 1.29 is 4.79 Å². The van der Waals surface area contributed by atoms with Crippen LogP contribution in [0.3, 0.4) is 0 Å². The highest BCUT2D eigenvalue weighted by atomic mass is 16.2. The summed E-state index contributed by atoms with van der Waals surface area (Å²) in [6, 6.07) is 0.356. The first-order valence-corrected chi connectivity index (χ1v) is 4.93. The van der Waals surface area contributed by atoms with E-state index in [1.54, 1.807) is 13.8 Å². The average Bonchev–Trinajstić information content (AvgIpc) is 2.13. The molecule has 0 rings (SSSR count). The zero-order valence-corrected chi connectivity index (χ0v) is 9.48. The quantitative estimate of drug-likeness (QED) is 0.642. The number of hydrogen-bond acceptors (Lipinski definition) is 2. The highest BCUT2D eigenvalue weighted by Gasteiger charge is 2.16. The molecule has 0 aromatic carbocycles. The van der Waals surface area contributed by atoms with Crippen molar-refractivity contribution in [3.63, 3.8) is 0 Å². The van der Waals surface area contributed by atoms with E-state index >= 15 is 0 Å². The fourth-order valence-corrected chi connectivity index (χ4v) is 0.840. The van der Waals surface area contributed by atoms with E-state index in [1.807, 2.05) is 6.92 Å². The molecule has 0 aromatic heterocycles. The molecule has 80 valence electrons. The molecule has 3 nitrogen and oxygen atoms in total. The standard InChI is InChI=1S/C11H20N2O/c1-6-9(3)12-8-10(14)13-11(4,5)7-2/h2,9,12H,6,8H2,1,3-5H3,(H,13,14). The lowest BCUT2D eigenvalue weighted by molar-refractivity contribution is -0.121. The first-order valence-electron chi connectivity index (χ1n) is 4.93. The van der Waals surface area contributed by atoms with Gasteiger partial charge >= 0.3 is 0 Å². The molecule has 14 heavy (non-hydrogen) atoms. The molecule has 1 amide bonds. The van der Waals surface area contributed by atoms with E-state index in [4.69, 9.17) is 6.42 Å². The zero-order valence-electron chi connectivity index (χ0n) is 9.48. The molecule has 0 radical (unpaired) electrons. The first-order chi connectivity index (χ1) is 6.41. The Kier molecular flexibility index (Phi) is 5.26. The average molecular weight is 196 g/mol. The largest absolute Gasteiger partial charge is 0.339 e.